The molecule has 0 unspecified atom stereocenters. The highest BCUT2D eigenvalue weighted by atomic mass is 16.3. The third kappa shape index (κ3) is 5.31. The van der Waals surface area contributed by atoms with Crippen molar-refractivity contribution in [1.29, 1.82) is 0 Å². The summed E-state index contributed by atoms with van der Waals surface area (Å²) in [6.45, 7) is 8.80. The lowest BCUT2D eigenvalue weighted by atomic mass is 9.96. The second-order valence-corrected chi connectivity index (χ2v) is 4.07. The van der Waals surface area contributed by atoms with E-state index in [9.17, 15) is 4.79 Å². The molecule has 0 spiro atoms. The van der Waals surface area contributed by atoms with Gasteiger partial charge in [0.1, 0.15) is 0 Å². The number of carbonyl (C=O) groups excluding carboxylic acids is 1. The van der Waals surface area contributed by atoms with Gasteiger partial charge in [-0.05, 0) is 12.8 Å². The molecule has 0 heterocycles. The zero-order valence-corrected chi connectivity index (χ0v) is 10.6. The van der Waals surface area contributed by atoms with E-state index < -0.39 is 0 Å². The molecule has 0 radical (unpaired) electrons. The minimum absolute atomic E-state index is 0.0184. The van der Waals surface area contributed by atoms with Gasteiger partial charge in [-0.1, -0.05) is 32.8 Å². The molecular formula is C13H25NO2. The predicted molar refractivity (Wildman–Crippen MR) is 67.2 cm³/mol. The minimum atomic E-state index is 0.0184. The van der Waals surface area contributed by atoms with Crippen LogP contribution in [0.2, 0.25) is 0 Å². The average Bonchev–Trinajstić information content (AvgIpc) is 2.27. The molecule has 0 fully saturated rings. The zero-order valence-electron chi connectivity index (χ0n) is 10.6. The standard InChI is InChI=1S/C13H25NO2/c1-4-7-12(8-5-2)13(16)14(9-6-3)10-11-15/h6,12,15H,3-5,7-11H2,1-2H3. The molecule has 0 aliphatic heterocycles. The Morgan fingerprint density at radius 2 is 1.94 bits per heavy atom. The molecule has 16 heavy (non-hydrogen) atoms. The van der Waals surface area contributed by atoms with Gasteiger partial charge in [-0.2, -0.15) is 0 Å². The first-order chi connectivity index (χ1) is 7.71. The summed E-state index contributed by atoms with van der Waals surface area (Å²) in [5.74, 6) is 0.277. The molecule has 0 rings (SSSR count). The molecule has 0 bridgehead atoms. The van der Waals surface area contributed by atoms with E-state index in [1.807, 2.05) is 0 Å². The Bertz CT molecular complexity index is 198. The van der Waals surface area contributed by atoms with Crippen LogP contribution in [-0.2, 0) is 4.79 Å². The van der Waals surface area contributed by atoms with E-state index in [1.54, 1.807) is 11.0 Å². The Hall–Kier alpha value is -0.830. The lowest BCUT2D eigenvalue weighted by molar-refractivity contribution is -0.136. The molecule has 0 atom stereocenters. The Labute approximate surface area is 99.1 Å². The zero-order chi connectivity index (χ0) is 12.4. The van der Waals surface area contributed by atoms with Gasteiger partial charge in [0.15, 0.2) is 0 Å². The van der Waals surface area contributed by atoms with E-state index >= 15 is 0 Å². The van der Waals surface area contributed by atoms with Crippen LogP contribution in [0.3, 0.4) is 0 Å². The second-order valence-electron chi connectivity index (χ2n) is 4.07. The van der Waals surface area contributed by atoms with Gasteiger partial charge < -0.3 is 10.0 Å². The van der Waals surface area contributed by atoms with Crippen LogP contribution >= 0.6 is 0 Å². The van der Waals surface area contributed by atoms with Crippen LogP contribution in [0.15, 0.2) is 12.7 Å². The molecule has 3 nitrogen and oxygen atoms in total. The third-order valence-corrected chi connectivity index (χ3v) is 2.65. The van der Waals surface area contributed by atoms with Crippen molar-refractivity contribution >= 4 is 5.91 Å². The monoisotopic (exact) mass is 227 g/mol. The first-order valence-electron chi connectivity index (χ1n) is 6.21. The van der Waals surface area contributed by atoms with Crippen molar-refractivity contribution in [1.82, 2.24) is 4.90 Å². The fourth-order valence-electron chi connectivity index (χ4n) is 1.91. The Kier molecular flexibility index (Phi) is 8.91. The van der Waals surface area contributed by atoms with Crippen LogP contribution in [0.1, 0.15) is 39.5 Å². The number of amides is 1. The van der Waals surface area contributed by atoms with Gasteiger partial charge in [0.2, 0.25) is 5.91 Å². The summed E-state index contributed by atoms with van der Waals surface area (Å²) in [6, 6.07) is 0. The van der Waals surface area contributed by atoms with E-state index in [2.05, 4.69) is 20.4 Å². The maximum Gasteiger partial charge on any atom is 0.226 e. The van der Waals surface area contributed by atoms with E-state index in [-0.39, 0.29) is 18.4 Å². The molecule has 0 aromatic rings. The normalized spacial score (nSPS) is 10.5. The smallest absolute Gasteiger partial charge is 0.226 e. The van der Waals surface area contributed by atoms with Gasteiger partial charge >= 0.3 is 0 Å². The second kappa shape index (κ2) is 9.40. The van der Waals surface area contributed by atoms with Crippen LogP contribution in [-0.4, -0.2) is 35.6 Å². The average molecular weight is 227 g/mol. The summed E-state index contributed by atoms with van der Waals surface area (Å²) in [4.78, 5) is 13.9. The van der Waals surface area contributed by atoms with Gasteiger partial charge in [0, 0.05) is 19.0 Å². The highest BCUT2D eigenvalue weighted by Gasteiger charge is 2.21. The van der Waals surface area contributed by atoms with Crippen molar-refractivity contribution in [2.24, 2.45) is 5.92 Å². The minimum Gasteiger partial charge on any atom is -0.395 e. The maximum atomic E-state index is 12.2. The quantitative estimate of drug-likeness (QED) is 0.613. The Morgan fingerprint density at radius 1 is 1.38 bits per heavy atom. The van der Waals surface area contributed by atoms with E-state index in [1.165, 1.54) is 0 Å². The van der Waals surface area contributed by atoms with Crippen molar-refractivity contribution in [2.75, 3.05) is 19.7 Å². The molecule has 1 N–H and O–H groups in total. The molecule has 0 aromatic heterocycles. The molecule has 0 saturated carbocycles. The number of carbonyl (C=O) groups is 1. The summed E-state index contributed by atoms with van der Waals surface area (Å²) < 4.78 is 0. The lowest BCUT2D eigenvalue weighted by Crippen LogP contribution is -2.38. The van der Waals surface area contributed by atoms with Crippen molar-refractivity contribution in [3.05, 3.63) is 12.7 Å². The number of nitrogens with zero attached hydrogens (tertiary/aromatic N) is 1. The topological polar surface area (TPSA) is 40.5 Å². The third-order valence-electron chi connectivity index (χ3n) is 2.65. The van der Waals surface area contributed by atoms with Crippen LogP contribution in [0, 0.1) is 5.92 Å². The van der Waals surface area contributed by atoms with Gasteiger partial charge in [-0.25, -0.2) is 0 Å². The fourth-order valence-corrected chi connectivity index (χ4v) is 1.91. The van der Waals surface area contributed by atoms with Crippen molar-refractivity contribution < 1.29 is 9.90 Å². The predicted octanol–water partition coefficient (Wildman–Crippen LogP) is 2.21. The van der Waals surface area contributed by atoms with Crippen molar-refractivity contribution in [3.63, 3.8) is 0 Å². The van der Waals surface area contributed by atoms with Gasteiger partial charge in [-0.15, -0.1) is 6.58 Å². The number of hydrogen-bond acceptors (Lipinski definition) is 2. The SMILES string of the molecule is C=CCN(CCO)C(=O)C(CCC)CCC. The number of hydrogen-bond donors (Lipinski definition) is 1. The summed E-state index contributed by atoms with van der Waals surface area (Å²) in [5.41, 5.74) is 0. The van der Waals surface area contributed by atoms with Crippen molar-refractivity contribution in [2.45, 2.75) is 39.5 Å². The first kappa shape index (κ1) is 15.2. The number of aliphatic hydroxyl groups is 1. The van der Waals surface area contributed by atoms with Crippen molar-refractivity contribution in [3.8, 4) is 0 Å². The van der Waals surface area contributed by atoms with Gasteiger partial charge in [-0.3, -0.25) is 4.79 Å². The molecule has 94 valence electrons. The van der Waals surface area contributed by atoms with Crippen LogP contribution in [0.25, 0.3) is 0 Å². The Balaban J connectivity index is 4.44. The summed E-state index contributed by atoms with van der Waals surface area (Å²) >= 11 is 0. The summed E-state index contributed by atoms with van der Waals surface area (Å²) in [5, 5.41) is 8.93. The van der Waals surface area contributed by atoms with E-state index in [4.69, 9.17) is 5.11 Å². The highest BCUT2D eigenvalue weighted by Crippen LogP contribution is 2.16. The number of aliphatic hydroxyl groups excluding tert-OH is 1. The van der Waals surface area contributed by atoms with E-state index in [0.717, 1.165) is 25.7 Å². The Morgan fingerprint density at radius 3 is 2.31 bits per heavy atom. The molecular weight excluding hydrogens is 202 g/mol. The highest BCUT2D eigenvalue weighted by molar-refractivity contribution is 5.79. The molecule has 0 aliphatic carbocycles. The van der Waals surface area contributed by atoms with Crippen LogP contribution in [0.5, 0.6) is 0 Å². The molecule has 0 aromatic carbocycles. The fraction of sp³-hybridized carbons (Fsp3) is 0.769. The summed E-state index contributed by atoms with van der Waals surface area (Å²) in [7, 11) is 0. The molecule has 3 heteroatoms. The van der Waals surface area contributed by atoms with Crippen LogP contribution in [0.4, 0.5) is 0 Å². The maximum absolute atomic E-state index is 12.2. The van der Waals surface area contributed by atoms with Crippen LogP contribution < -0.4 is 0 Å². The number of rotatable bonds is 9. The van der Waals surface area contributed by atoms with Gasteiger partial charge in [0.05, 0.1) is 6.61 Å². The lowest BCUT2D eigenvalue weighted by Gasteiger charge is -2.25. The summed E-state index contributed by atoms with van der Waals surface area (Å²) in [6.07, 6.45) is 5.63. The molecule has 0 aliphatic rings. The molecule has 1 amide bonds. The van der Waals surface area contributed by atoms with Gasteiger partial charge in [0.25, 0.3) is 0 Å². The van der Waals surface area contributed by atoms with E-state index in [0.29, 0.717) is 13.1 Å². The molecule has 0 saturated heterocycles. The first-order valence-corrected chi connectivity index (χ1v) is 6.21. The largest absolute Gasteiger partial charge is 0.395 e.